The number of hydrogen-bond donors (Lipinski definition) is 3. The molecule has 0 aliphatic carbocycles. The molecule has 2 amide bonds. The zero-order valence-electron chi connectivity index (χ0n) is 17.5. The Morgan fingerprint density at radius 1 is 0.968 bits per heavy atom. The Kier molecular flexibility index (Phi) is 6.81. The van der Waals surface area contributed by atoms with Gasteiger partial charge in [0, 0.05) is 12.6 Å². The summed E-state index contributed by atoms with van der Waals surface area (Å²) < 4.78 is 38.6. The molecule has 2 atom stereocenters. The lowest BCUT2D eigenvalue weighted by Gasteiger charge is -2.22. The van der Waals surface area contributed by atoms with Gasteiger partial charge in [0.2, 0.25) is 21.8 Å². The van der Waals surface area contributed by atoms with Crippen LogP contribution in [0.4, 0.5) is 5.69 Å². The van der Waals surface area contributed by atoms with Crippen LogP contribution in [0.25, 0.3) is 0 Å². The molecule has 0 radical (unpaired) electrons. The summed E-state index contributed by atoms with van der Waals surface area (Å²) in [4.78, 5) is 23.6. The van der Waals surface area contributed by atoms with Crippen LogP contribution in [0.15, 0.2) is 47.4 Å². The van der Waals surface area contributed by atoms with Crippen molar-refractivity contribution in [3.63, 3.8) is 0 Å². The van der Waals surface area contributed by atoms with Gasteiger partial charge < -0.3 is 20.1 Å². The Morgan fingerprint density at radius 3 is 2.26 bits per heavy atom. The molecule has 0 saturated heterocycles. The van der Waals surface area contributed by atoms with E-state index in [1.165, 1.54) is 38.1 Å². The maximum Gasteiger partial charge on any atom is 0.241 e. The summed E-state index contributed by atoms with van der Waals surface area (Å²) in [6, 6.07) is 9.70. The first-order valence-corrected chi connectivity index (χ1v) is 11.2. The molecule has 2 aromatic carbocycles. The van der Waals surface area contributed by atoms with Crippen LogP contribution in [-0.4, -0.2) is 39.5 Å². The zero-order valence-corrected chi connectivity index (χ0v) is 18.3. The van der Waals surface area contributed by atoms with E-state index in [4.69, 9.17) is 9.47 Å². The fourth-order valence-corrected chi connectivity index (χ4v) is 4.23. The number of hydrogen-bond acceptors (Lipinski definition) is 6. The molecule has 1 aliphatic rings. The quantitative estimate of drug-likeness (QED) is 0.596. The van der Waals surface area contributed by atoms with E-state index in [0.717, 1.165) is 5.56 Å². The van der Waals surface area contributed by atoms with E-state index >= 15 is 0 Å². The van der Waals surface area contributed by atoms with Gasteiger partial charge in [-0.15, -0.1) is 0 Å². The third-order valence-electron chi connectivity index (χ3n) is 4.64. The van der Waals surface area contributed by atoms with Crippen LogP contribution in [0, 0.1) is 0 Å². The highest BCUT2D eigenvalue weighted by atomic mass is 32.2. The predicted octanol–water partition coefficient (Wildman–Crippen LogP) is 1.96. The van der Waals surface area contributed by atoms with Crippen molar-refractivity contribution >= 4 is 27.5 Å². The molecule has 3 rings (SSSR count). The molecule has 0 unspecified atom stereocenters. The van der Waals surface area contributed by atoms with Gasteiger partial charge in [0.25, 0.3) is 0 Å². The van der Waals surface area contributed by atoms with Gasteiger partial charge >= 0.3 is 0 Å². The summed E-state index contributed by atoms with van der Waals surface area (Å²) in [6.45, 7) is 5.58. The van der Waals surface area contributed by atoms with Crippen molar-refractivity contribution in [3.05, 3.63) is 48.0 Å². The monoisotopic (exact) mass is 447 g/mol. The van der Waals surface area contributed by atoms with Gasteiger partial charge in [-0.3, -0.25) is 9.59 Å². The fraction of sp³-hybridized carbons (Fsp3) is 0.333. The van der Waals surface area contributed by atoms with Crippen LogP contribution in [0.1, 0.15) is 32.4 Å². The number of rotatable bonds is 7. The Bertz CT molecular complexity index is 1070. The second kappa shape index (κ2) is 9.36. The molecule has 10 heteroatoms. The number of anilines is 1. The lowest BCUT2D eigenvalue weighted by molar-refractivity contribution is -0.123. The number of carbonyl (C=O) groups is 2. The largest absolute Gasteiger partial charge is 0.486 e. The number of ether oxygens (including phenoxy) is 2. The number of fused-ring (bicyclic) bond motifs is 1. The molecule has 0 spiro atoms. The molecular weight excluding hydrogens is 422 g/mol. The minimum atomic E-state index is -3.92. The van der Waals surface area contributed by atoms with Gasteiger partial charge in [-0.05, 0) is 55.8 Å². The zero-order chi connectivity index (χ0) is 22.6. The van der Waals surface area contributed by atoms with Crippen molar-refractivity contribution in [1.29, 1.82) is 0 Å². The first-order chi connectivity index (χ1) is 14.7. The molecule has 166 valence electrons. The molecule has 0 saturated carbocycles. The minimum Gasteiger partial charge on any atom is -0.486 e. The van der Waals surface area contributed by atoms with Crippen molar-refractivity contribution in [2.75, 3.05) is 18.5 Å². The number of sulfonamides is 1. The SMILES string of the molecule is CC(=O)Nc1ccc(S(=O)(=O)N[C@@H](C)C(=O)N[C@H](C)c2ccc3c(c2)OCCO3)cc1. The summed E-state index contributed by atoms with van der Waals surface area (Å²) in [5, 5.41) is 5.36. The van der Waals surface area contributed by atoms with E-state index in [0.29, 0.717) is 30.4 Å². The maximum absolute atomic E-state index is 12.6. The first kappa shape index (κ1) is 22.6. The van der Waals surface area contributed by atoms with E-state index in [1.54, 1.807) is 19.1 Å². The normalized spacial score (nSPS) is 14.9. The molecule has 0 bridgehead atoms. The molecule has 1 heterocycles. The van der Waals surface area contributed by atoms with E-state index in [9.17, 15) is 18.0 Å². The predicted molar refractivity (Wildman–Crippen MR) is 115 cm³/mol. The van der Waals surface area contributed by atoms with Crippen LogP contribution in [0.5, 0.6) is 11.5 Å². The smallest absolute Gasteiger partial charge is 0.241 e. The highest BCUT2D eigenvalue weighted by molar-refractivity contribution is 7.89. The number of benzene rings is 2. The van der Waals surface area contributed by atoms with Crippen molar-refractivity contribution in [2.45, 2.75) is 37.8 Å². The average molecular weight is 448 g/mol. The van der Waals surface area contributed by atoms with E-state index < -0.39 is 22.0 Å². The fourth-order valence-electron chi connectivity index (χ4n) is 3.03. The standard InChI is InChI=1S/C21H25N3O6S/c1-13(16-4-9-19-20(12-16)30-11-10-29-19)22-21(26)14(2)24-31(27,28)18-7-5-17(6-8-18)23-15(3)25/h4-9,12-14,24H,10-11H2,1-3H3,(H,22,26)(H,23,25)/t13-,14+/m1/s1. The summed E-state index contributed by atoms with van der Waals surface area (Å²) in [5.74, 6) is 0.535. The van der Waals surface area contributed by atoms with Crippen molar-refractivity contribution in [3.8, 4) is 11.5 Å². The van der Waals surface area contributed by atoms with Crippen molar-refractivity contribution in [1.82, 2.24) is 10.0 Å². The molecule has 31 heavy (non-hydrogen) atoms. The Hall–Kier alpha value is -3.11. The highest BCUT2D eigenvalue weighted by Crippen LogP contribution is 2.32. The molecule has 1 aliphatic heterocycles. The summed E-state index contributed by atoms with van der Waals surface area (Å²) in [5.41, 5.74) is 1.28. The number of nitrogens with one attached hydrogen (secondary N) is 3. The highest BCUT2D eigenvalue weighted by Gasteiger charge is 2.24. The van der Waals surface area contributed by atoms with Gasteiger partial charge in [-0.25, -0.2) is 8.42 Å². The molecule has 9 nitrogen and oxygen atoms in total. The van der Waals surface area contributed by atoms with Crippen LogP contribution in [0.3, 0.4) is 0 Å². The maximum atomic E-state index is 12.6. The molecule has 2 aromatic rings. The summed E-state index contributed by atoms with van der Waals surface area (Å²) >= 11 is 0. The Morgan fingerprint density at radius 2 is 1.61 bits per heavy atom. The summed E-state index contributed by atoms with van der Waals surface area (Å²) in [6.07, 6.45) is 0. The Balaban J connectivity index is 1.62. The Labute approximate surface area is 181 Å². The molecule has 3 N–H and O–H groups in total. The third-order valence-corrected chi connectivity index (χ3v) is 6.19. The topological polar surface area (TPSA) is 123 Å². The molecule has 0 fully saturated rings. The third kappa shape index (κ3) is 5.74. The van der Waals surface area contributed by atoms with E-state index in [-0.39, 0.29) is 16.8 Å². The van der Waals surface area contributed by atoms with E-state index in [1.807, 2.05) is 6.07 Å². The van der Waals surface area contributed by atoms with Gasteiger partial charge in [-0.2, -0.15) is 4.72 Å². The van der Waals surface area contributed by atoms with Crippen molar-refractivity contribution in [2.24, 2.45) is 0 Å². The lowest BCUT2D eigenvalue weighted by Crippen LogP contribution is -2.45. The van der Waals surface area contributed by atoms with Crippen molar-refractivity contribution < 1.29 is 27.5 Å². The average Bonchev–Trinajstić information content (AvgIpc) is 2.73. The second-order valence-electron chi connectivity index (χ2n) is 7.18. The second-order valence-corrected chi connectivity index (χ2v) is 8.90. The van der Waals surface area contributed by atoms with Gasteiger partial charge in [-0.1, -0.05) is 6.07 Å². The van der Waals surface area contributed by atoms with Gasteiger partial charge in [0.1, 0.15) is 13.2 Å². The number of carbonyl (C=O) groups excluding carboxylic acids is 2. The lowest BCUT2D eigenvalue weighted by atomic mass is 10.1. The van der Waals surface area contributed by atoms with Crippen LogP contribution in [0.2, 0.25) is 0 Å². The van der Waals surface area contributed by atoms with Crippen LogP contribution in [-0.2, 0) is 19.6 Å². The van der Waals surface area contributed by atoms with Gasteiger partial charge in [0.15, 0.2) is 11.5 Å². The van der Waals surface area contributed by atoms with Crippen LogP contribution >= 0.6 is 0 Å². The summed E-state index contributed by atoms with van der Waals surface area (Å²) in [7, 11) is -3.92. The van der Waals surface area contributed by atoms with E-state index in [2.05, 4.69) is 15.4 Å². The molecule has 0 aromatic heterocycles. The van der Waals surface area contributed by atoms with Gasteiger partial charge in [0.05, 0.1) is 17.0 Å². The minimum absolute atomic E-state index is 0.0128. The number of amides is 2. The van der Waals surface area contributed by atoms with Crippen LogP contribution < -0.4 is 24.8 Å². The first-order valence-electron chi connectivity index (χ1n) is 9.75. The molecular formula is C21H25N3O6S.